The lowest BCUT2D eigenvalue weighted by Crippen LogP contribution is -2.01. The van der Waals surface area contributed by atoms with Crippen LogP contribution in [0.25, 0.3) is 0 Å². The number of rotatable bonds is 4. The highest BCUT2D eigenvalue weighted by Gasteiger charge is 2.26. The number of hydrogen-bond acceptors (Lipinski definition) is 3. The Morgan fingerprint density at radius 1 is 1.50 bits per heavy atom. The Hall–Kier alpha value is -1.51. The second kappa shape index (κ2) is 4.56. The van der Waals surface area contributed by atoms with Gasteiger partial charge in [0.1, 0.15) is 5.75 Å². The van der Waals surface area contributed by atoms with Gasteiger partial charge < -0.3 is 9.84 Å². The van der Waals surface area contributed by atoms with E-state index < -0.39 is 0 Å². The molecule has 1 N–H and O–H groups in total. The minimum absolute atomic E-state index is 0.217. The van der Waals surface area contributed by atoms with Crippen LogP contribution >= 0.6 is 0 Å². The van der Waals surface area contributed by atoms with Crippen molar-refractivity contribution in [2.24, 2.45) is 0 Å². The number of hydrogen-bond donors (Lipinski definition) is 1. The Labute approximate surface area is 95.0 Å². The molecular formula is C13H16O3. The minimum Gasteiger partial charge on any atom is -0.508 e. The van der Waals surface area contributed by atoms with Gasteiger partial charge >= 0.3 is 5.97 Å². The number of carbonyl (C=O) groups excluding carboxylic acids is 1. The fourth-order valence-corrected chi connectivity index (χ4v) is 1.83. The second-order valence-electron chi connectivity index (χ2n) is 4.24. The van der Waals surface area contributed by atoms with E-state index in [0.29, 0.717) is 24.5 Å². The molecule has 0 aromatic heterocycles. The van der Waals surface area contributed by atoms with Crippen molar-refractivity contribution in [1.29, 1.82) is 0 Å². The highest BCUT2D eigenvalue weighted by atomic mass is 16.5. The minimum atomic E-state index is -0.217. The zero-order chi connectivity index (χ0) is 11.5. The summed E-state index contributed by atoms with van der Waals surface area (Å²) in [5.41, 5.74) is 2.02. The zero-order valence-electron chi connectivity index (χ0n) is 9.40. The van der Waals surface area contributed by atoms with Crippen LogP contribution in [0, 0.1) is 0 Å². The van der Waals surface area contributed by atoms with Gasteiger partial charge in [-0.3, -0.25) is 4.79 Å². The van der Waals surface area contributed by atoms with E-state index in [-0.39, 0.29) is 5.97 Å². The fraction of sp³-hybridized carbons (Fsp3) is 0.462. The average molecular weight is 220 g/mol. The maximum absolute atomic E-state index is 11.0. The number of carbonyl (C=O) groups is 1. The summed E-state index contributed by atoms with van der Waals surface area (Å²) < 4.78 is 4.57. The van der Waals surface area contributed by atoms with E-state index >= 15 is 0 Å². The van der Waals surface area contributed by atoms with E-state index in [2.05, 4.69) is 4.74 Å². The van der Waals surface area contributed by atoms with E-state index in [0.717, 1.165) is 11.1 Å². The molecule has 0 spiro atoms. The second-order valence-corrected chi connectivity index (χ2v) is 4.24. The molecule has 16 heavy (non-hydrogen) atoms. The van der Waals surface area contributed by atoms with Crippen LogP contribution in [0.15, 0.2) is 18.2 Å². The standard InChI is InChI=1S/C13H16O3/c1-16-13(15)7-3-9-2-6-11(10-4-5-10)12(14)8-9/h2,6,8,10,14H,3-5,7H2,1H3. The van der Waals surface area contributed by atoms with Crippen molar-refractivity contribution in [3.8, 4) is 5.75 Å². The highest BCUT2D eigenvalue weighted by molar-refractivity contribution is 5.69. The number of methoxy groups -OCH3 is 1. The summed E-state index contributed by atoms with van der Waals surface area (Å²) in [6, 6.07) is 5.71. The average Bonchev–Trinajstić information content (AvgIpc) is 3.10. The summed E-state index contributed by atoms with van der Waals surface area (Å²) in [5, 5.41) is 9.81. The van der Waals surface area contributed by atoms with Crippen molar-refractivity contribution in [3.63, 3.8) is 0 Å². The first-order chi connectivity index (χ1) is 7.70. The van der Waals surface area contributed by atoms with Crippen molar-refractivity contribution in [3.05, 3.63) is 29.3 Å². The lowest BCUT2D eigenvalue weighted by Gasteiger charge is -2.06. The first-order valence-electron chi connectivity index (χ1n) is 5.59. The molecule has 1 saturated carbocycles. The van der Waals surface area contributed by atoms with E-state index in [1.54, 1.807) is 6.07 Å². The van der Waals surface area contributed by atoms with Crippen LogP contribution in [-0.2, 0) is 16.0 Å². The van der Waals surface area contributed by atoms with Gasteiger partial charge in [0.2, 0.25) is 0 Å². The van der Waals surface area contributed by atoms with Crippen LogP contribution in [0.2, 0.25) is 0 Å². The number of ether oxygens (including phenoxy) is 1. The third kappa shape index (κ3) is 2.54. The molecule has 0 atom stereocenters. The van der Waals surface area contributed by atoms with Crippen LogP contribution in [0.4, 0.5) is 0 Å². The van der Waals surface area contributed by atoms with Crippen molar-refractivity contribution in [1.82, 2.24) is 0 Å². The number of phenolic OH excluding ortho intramolecular Hbond substituents is 1. The quantitative estimate of drug-likeness (QED) is 0.792. The maximum atomic E-state index is 11.0. The molecule has 2 rings (SSSR count). The third-order valence-electron chi connectivity index (χ3n) is 2.96. The molecule has 0 heterocycles. The summed E-state index contributed by atoms with van der Waals surface area (Å²) >= 11 is 0. The topological polar surface area (TPSA) is 46.5 Å². The maximum Gasteiger partial charge on any atom is 0.305 e. The van der Waals surface area contributed by atoms with Gasteiger partial charge in [-0.1, -0.05) is 12.1 Å². The van der Waals surface area contributed by atoms with Gasteiger partial charge in [-0.05, 0) is 42.4 Å². The van der Waals surface area contributed by atoms with E-state index in [4.69, 9.17) is 0 Å². The van der Waals surface area contributed by atoms with Crippen LogP contribution < -0.4 is 0 Å². The smallest absolute Gasteiger partial charge is 0.305 e. The number of aryl methyl sites for hydroxylation is 1. The largest absolute Gasteiger partial charge is 0.508 e. The van der Waals surface area contributed by atoms with Gasteiger partial charge in [-0.25, -0.2) is 0 Å². The highest BCUT2D eigenvalue weighted by Crippen LogP contribution is 2.44. The summed E-state index contributed by atoms with van der Waals surface area (Å²) in [6.45, 7) is 0. The molecular weight excluding hydrogens is 204 g/mol. The van der Waals surface area contributed by atoms with Gasteiger partial charge in [-0.15, -0.1) is 0 Å². The SMILES string of the molecule is COC(=O)CCc1ccc(C2CC2)c(O)c1. The van der Waals surface area contributed by atoms with E-state index in [9.17, 15) is 9.90 Å². The molecule has 3 heteroatoms. The molecule has 0 amide bonds. The lowest BCUT2D eigenvalue weighted by atomic mass is 10.0. The van der Waals surface area contributed by atoms with Crippen molar-refractivity contribution < 1.29 is 14.6 Å². The van der Waals surface area contributed by atoms with Crippen molar-refractivity contribution in [2.45, 2.75) is 31.6 Å². The molecule has 0 saturated heterocycles. The van der Waals surface area contributed by atoms with Crippen LogP contribution in [0.5, 0.6) is 5.75 Å². The number of aromatic hydroxyl groups is 1. The normalized spacial score (nSPS) is 14.8. The van der Waals surface area contributed by atoms with Gasteiger partial charge in [0.05, 0.1) is 7.11 Å². The Balaban J connectivity index is 2.00. The number of phenols is 1. The van der Waals surface area contributed by atoms with Crippen LogP contribution in [0.1, 0.15) is 36.3 Å². The zero-order valence-corrected chi connectivity index (χ0v) is 9.40. The Morgan fingerprint density at radius 2 is 2.25 bits per heavy atom. The molecule has 3 nitrogen and oxygen atoms in total. The first kappa shape index (κ1) is 11.0. The van der Waals surface area contributed by atoms with E-state index in [1.807, 2.05) is 12.1 Å². The molecule has 1 aliphatic carbocycles. The summed E-state index contributed by atoms with van der Waals surface area (Å²) in [4.78, 5) is 11.0. The molecule has 0 unspecified atom stereocenters. The van der Waals surface area contributed by atoms with Crippen LogP contribution in [0.3, 0.4) is 0 Å². The molecule has 0 bridgehead atoms. The van der Waals surface area contributed by atoms with Crippen molar-refractivity contribution in [2.75, 3.05) is 7.11 Å². The van der Waals surface area contributed by atoms with Gasteiger partial charge in [0, 0.05) is 6.42 Å². The van der Waals surface area contributed by atoms with Gasteiger partial charge in [0.15, 0.2) is 0 Å². The third-order valence-corrected chi connectivity index (χ3v) is 2.96. The predicted octanol–water partition coefficient (Wildman–Crippen LogP) is 2.38. The van der Waals surface area contributed by atoms with Crippen molar-refractivity contribution >= 4 is 5.97 Å². The monoisotopic (exact) mass is 220 g/mol. The number of benzene rings is 1. The summed E-state index contributed by atoms with van der Waals surface area (Å²) in [7, 11) is 1.38. The molecule has 1 aromatic carbocycles. The fourth-order valence-electron chi connectivity index (χ4n) is 1.83. The number of esters is 1. The first-order valence-corrected chi connectivity index (χ1v) is 5.59. The van der Waals surface area contributed by atoms with Crippen LogP contribution in [-0.4, -0.2) is 18.2 Å². The Bertz CT molecular complexity index is 394. The van der Waals surface area contributed by atoms with Gasteiger partial charge in [-0.2, -0.15) is 0 Å². The Kier molecular flexibility index (Phi) is 3.13. The molecule has 0 radical (unpaired) electrons. The van der Waals surface area contributed by atoms with Gasteiger partial charge in [0.25, 0.3) is 0 Å². The lowest BCUT2D eigenvalue weighted by molar-refractivity contribution is -0.140. The Morgan fingerprint density at radius 3 is 2.81 bits per heavy atom. The molecule has 1 aromatic rings. The summed E-state index contributed by atoms with van der Waals surface area (Å²) in [5.74, 6) is 0.699. The predicted molar refractivity (Wildman–Crippen MR) is 60.4 cm³/mol. The van der Waals surface area contributed by atoms with E-state index in [1.165, 1.54) is 20.0 Å². The molecule has 86 valence electrons. The molecule has 1 aliphatic rings. The molecule has 0 aliphatic heterocycles. The molecule has 1 fully saturated rings. The summed E-state index contributed by atoms with van der Waals surface area (Å²) in [6.07, 6.45) is 3.33.